The highest BCUT2D eigenvalue weighted by molar-refractivity contribution is 5.79. The zero-order valence-electron chi connectivity index (χ0n) is 20.6. The number of hydrogen-bond donors (Lipinski definition) is 4. The molecule has 0 aliphatic carbocycles. The molecule has 6 nitrogen and oxygen atoms in total. The molecule has 180 valence electrons. The van der Waals surface area contributed by atoms with Crippen molar-refractivity contribution in [2.24, 2.45) is 0 Å². The zero-order chi connectivity index (χ0) is 24.9. The van der Waals surface area contributed by atoms with Gasteiger partial charge in [-0.2, -0.15) is 0 Å². The lowest BCUT2D eigenvalue weighted by Crippen LogP contribution is -2.32. The number of aryl methyl sites for hydroxylation is 4. The van der Waals surface area contributed by atoms with E-state index < -0.39 is 12.0 Å². The van der Waals surface area contributed by atoms with Gasteiger partial charge in [-0.3, -0.25) is 0 Å². The van der Waals surface area contributed by atoms with Crippen molar-refractivity contribution in [1.82, 2.24) is 9.97 Å². The molecule has 2 aromatic heterocycles. The van der Waals surface area contributed by atoms with Gasteiger partial charge in [-0.1, -0.05) is 42.0 Å². The van der Waals surface area contributed by atoms with Crippen LogP contribution in [0.25, 0.3) is 11.3 Å². The molecule has 4 aromatic rings. The number of H-pyrrole nitrogens is 1. The minimum absolute atomic E-state index is 0.395. The molecule has 0 radical (unpaired) electrons. The molecule has 0 spiro atoms. The summed E-state index contributed by atoms with van der Waals surface area (Å²) in [6.45, 7) is 8.78. The summed E-state index contributed by atoms with van der Waals surface area (Å²) in [5, 5.41) is 16.4. The second kappa shape index (κ2) is 10.5. The number of nitrogens with zero attached hydrogens (tertiary/aromatic N) is 1. The number of nitrogens with one attached hydrogen (secondary N) is 3. The molecule has 0 aliphatic heterocycles. The predicted molar refractivity (Wildman–Crippen MR) is 142 cm³/mol. The van der Waals surface area contributed by atoms with E-state index in [-0.39, 0.29) is 0 Å². The maximum atomic E-state index is 12.0. The summed E-state index contributed by atoms with van der Waals surface area (Å²) in [6, 6.07) is 17.6. The summed E-state index contributed by atoms with van der Waals surface area (Å²) in [6.07, 6.45) is 4.18. The first-order chi connectivity index (χ1) is 16.8. The van der Waals surface area contributed by atoms with Crippen LogP contribution in [-0.4, -0.2) is 27.1 Å². The average Bonchev–Trinajstić information content (AvgIpc) is 3.28. The van der Waals surface area contributed by atoms with Crippen molar-refractivity contribution in [3.8, 4) is 11.3 Å². The molecule has 1 atom stereocenters. The summed E-state index contributed by atoms with van der Waals surface area (Å²) in [4.78, 5) is 19.7. The van der Waals surface area contributed by atoms with Crippen molar-refractivity contribution in [2.45, 2.75) is 46.7 Å². The van der Waals surface area contributed by atoms with E-state index in [1.165, 1.54) is 11.1 Å². The average molecular weight is 469 g/mol. The third-order valence-corrected chi connectivity index (χ3v) is 6.13. The van der Waals surface area contributed by atoms with Gasteiger partial charge in [-0.25, -0.2) is 9.78 Å². The van der Waals surface area contributed by atoms with Gasteiger partial charge in [0.2, 0.25) is 0 Å². The van der Waals surface area contributed by atoms with Gasteiger partial charge in [0.05, 0.1) is 0 Å². The Morgan fingerprint density at radius 1 is 0.943 bits per heavy atom. The minimum Gasteiger partial charge on any atom is -0.480 e. The van der Waals surface area contributed by atoms with Gasteiger partial charge in [0, 0.05) is 36.7 Å². The van der Waals surface area contributed by atoms with Crippen LogP contribution in [0.3, 0.4) is 0 Å². The lowest BCUT2D eigenvalue weighted by atomic mass is 10.0. The van der Waals surface area contributed by atoms with Gasteiger partial charge in [0.15, 0.2) is 0 Å². The van der Waals surface area contributed by atoms with Crippen molar-refractivity contribution in [1.29, 1.82) is 0 Å². The topological polar surface area (TPSA) is 90.0 Å². The fourth-order valence-electron chi connectivity index (χ4n) is 4.37. The minimum atomic E-state index is -0.863. The molecule has 0 fully saturated rings. The van der Waals surface area contributed by atoms with Crippen LogP contribution < -0.4 is 10.6 Å². The molecular weight excluding hydrogens is 436 g/mol. The number of aromatic amines is 1. The van der Waals surface area contributed by atoms with Crippen LogP contribution in [0.1, 0.15) is 33.4 Å². The van der Waals surface area contributed by atoms with Crippen molar-refractivity contribution >= 4 is 17.5 Å². The summed E-state index contributed by atoms with van der Waals surface area (Å²) in [5.74, 6) is -0.00668. The van der Waals surface area contributed by atoms with Crippen LogP contribution in [0.5, 0.6) is 0 Å². The molecule has 0 bridgehead atoms. The number of anilines is 2. The standard InChI is InChI=1S/C29H32N4O2/c1-18-9-10-30-27(13-18)32-17-23-15-25(31-16-23)24-7-5-22(6-8-24)14-26(29(34)35)33-28-20(3)11-19(2)12-21(28)4/h5-13,15-16,26,31,33H,14,17H2,1-4H3,(H,30,32)(H,34,35). The smallest absolute Gasteiger partial charge is 0.326 e. The van der Waals surface area contributed by atoms with E-state index in [2.05, 4.69) is 38.8 Å². The molecule has 2 aromatic carbocycles. The van der Waals surface area contributed by atoms with E-state index in [4.69, 9.17) is 0 Å². The van der Waals surface area contributed by atoms with E-state index in [0.717, 1.165) is 45.0 Å². The van der Waals surface area contributed by atoms with E-state index in [1.807, 2.05) is 70.3 Å². The van der Waals surface area contributed by atoms with Crippen molar-refractivity contribution in [3.63, 3.8) is 0 Å². The number of hydrogen-bond acceptors (Lipinski definition) is 4. The van der Waals surface area contributed by atoms with Crippen LogP contribution >= 0.6 is 0 Å². The summed E-state index contributed by atoms with van der Waals surface area (Å²) in [5.41, 5.74) is 9.51. The van der Waals surface area contributed by atoms with Crippen molar-refractivity contribution in [3.05, 3.63) is 100 Å². The number of rotatable bonds is 9. The van der Waals surface area contributed by atoms with E-state index >= 15 is 0 Å². The third kappa shape index (κ3) is 6.09. The van der Waals surface area contributed by atoms with Gasteiger partial charge >= 0.3 is 5.97 Å². The summed E-state index contributed by atoms with van der Waals surface area (Å²) < 4.78 is 0. The molecular formula is C29H32N4O2. The van der Waals surface area contributed by atoms with Crippen molar-refractivity contribution < 1.29 is 9.90 Å². The molecule has 0 aliphatic rings. The monoisotopic (exact) mass is 468 g/mol. The first-order valence-corrected chi connectivity index (χ1v) is 11.8. The normalized spacial score (nSPS) is 11.8. The van der Waals surface area contributed by atoms with Gasteiger partial charge < -0.3 is 20.7 Å². The van der Waals surface area contributed by atoms with Gasteiger partial charge in [-0.15, -0.1) is 0 Å². The first kappa shape index (κ1) is 24.1. The molecule has 6 heteroatoms. The fraction of sp³-hybridized carbons (Fsp3) is 0.241. The number of carbonyl (C=O) groups is 1. The maximum absolute atomic E-state index is 12.0. The maximum Gasteiger partial charge on any atom is 0.326 e. The molecule has 35 heavy (non-hydrogen) atoms. The largest absolute Gasteiger partial charge is 0.480 e. The lowest BCUT2D eigenvalue weighted by molar-refractivity contribution is -0.137. The molecule has 0 saturated heterocycles. The highest BCUT2D eigenvalue weighted by Crippen LogP contribution is 2.25. The molecule has 2 heterocycles. The van der Waals surface area contributed by atoms with Crippen LogP contribution in [0.15, 0.2) is 67.0 Å². The quantitative estimate of drug-likeness (QED) is 0.241. The Morgan fingerprint density at radius 3 is 2.31 bits per heavy atom. The number of carboxylic acids is 1. The van der Waals surface area contributed by atoms with Crippen LogP contribution in [0.2, 0.25) is 0 Å². The molecule has 4 rings (SSSR count). The highest BCUT2D eigenvalue weighted by atomic mass is 16.4. The van der Waals surface area contributed by atoms with Crippen LogP contribution in [0.4, 0.5) is 11.5 Å². The number of carboxylic acid groups (broad SMARTS) is 1. The Kier molecular flexibility index (Phi) is 7.20. The van der Waals surface area contributed by atoms with E-state index in [9.17, 15) is 9.90 Å². The Labute approximate surface area is 206 Å². The predicted octanol–water partition coefficient (Wildman–Crippen LogP) is 6.03. The van der Waals surface area contributed by atoms with Crippen LogP contribution in [0, 0.1) is 27.7 Å². The first-order valence-electron chi connectivity index (χ1n) is 11.8. The van der Waals surface area contributed by atoms with Gasteiger partial charge in [0.25, 0.3) is 0 Å². The third-order valence-electron chi connectivity index (χ3n) is 6.13. The Bertz CT molecular complexity index is 1300. The second-order valence-electron chi connectivity index (χ2n) is 9.20. The summed E-state index contributed by atoms with van der Waals surface area (Å²) >= 11 is 0. The van der Waals surface area contributed by atoms with Crippen LogP contribution in [-0.2, 0) is 17.8 Å². The SMILES string of the molecule is Cc1ccnc(NCc2c[nH]c(-c3ccc(CC(Nc4c(C)cc(C)cc4C)C(=O)O)cc3)c2)c1. The molecule has 4 N–H and O–H groups in total. The number of benzene rings is 2. The lowest BCUT2D eigenvalue weighted by Gasteiger charge is -2.20. The summed E-state index contributed by atoms with van der Waals surface area (Å²) in [7, 11) is 0. The molecule has 0 amide bonds. The highest BCUT2D eigenvalue weighted by Gasteiger charge is 2.20. The van der Waals surface area contributed by atoms with Gasteiger partial charge in [0.1, 0.15) is 11.9 Å². The number of pyridine rings is 1. The Hall–Kier alpha value is -4.06. The molecule has 1 unspecified atom stereocenters. The second-order valence-corrected chi connectivity index (χ2v) is 9.20. The zero-order valence-corrected chi connectivity index (χ0v) is 20.6. The fourth-order valence-corrected chi connectivity index (χ4v) is 4.37. The Balaban J connectivity index is 1.41. The van der Waals surface area contributed by atoms with Crippen molar-refractivity contribution in [2.75, 3.05) is 10.6 Å². The number of aromatic nitrogens is 2. The molecule has 0 saturated carbocycles. The van der Waals surface area contributed by atoms with E-state index in [0.29, 0.717) is 13.0 Å². The van der Waals surface area contributed by atoms with Gasteiger partial charge in [-0.05, 0) is 79.3 Å². The Morgan fingerprint density at radius 2 is 1.66 bits per heavy atom. The number of aliphatic carboxylic acids is 1. The van der Waals surface area contributed by atoms with E-state index in [1.54, 1.807) is 6.20 Å².